The number of hydrogen-bond acceptors (Lipinski definition) is 2. The molecule has 29 heavy (non-hydrogen) atoms. The SMILES string of the molecule is CCCN1C(=O)[C@@](NC(=O)c2ccc(C)cc2)(C(F)(F)F)[NH+]=C1c1ccccc1. The highest BCUT2D eigenvalue weighted by Gasteiger charge is 2.72. The van der Waals surface area contributed by atoms with E-state index in [2.05, 4.69) is 4.99 Å². The molecular formula is C21H21F3N3O2+. The van der Waals surface area contributed by atoms with Crippen molar-refractivity contribution in [3.05, 3.63) is 71.3 Å². The van der Waals surface area contributed by atoms with Gasteiger partial charge in [-0.3, -0.25) is 10.1 Å². The van der Waals surface area contributed by atoms with Crippen molar-refractivity contribution >= 4 is 17.6 Å². The number of nitrogens with zero attached hydrogens (tertiary/aromatic N) is 1. The molecule has 5 nitrogen and oxygen atoms in total. The molecule has 1 aliphatic heterocycles. The van der Waals surface area contributed by atoms with Crippen molar-refractivity contribution in [2.24, 2.45) is 0 Å². The van der Waals surface area contributed by atoms with Crippen molar-refractivity contribution in [2.75, 3.05) is 6.54 Å². The lowest BCUT2D eigenvalue weighted by Gasteiger charge is -2.24. The highest BCUT2D eigenvalue weighted by atomic mass is 19.4. The fraction of sp³-hybridized carbons (Fsp3) is 0.286. The summed E-state index contributed by atoms with van der Waals surface area (Å²) in [5.41, 5.74) is -1.93. The van der Waals surface area contributed by atoms with Gasteiger partial charge in [-0.15, -0.1) is 0 Å². The van der Waals surface area contributed by atoms with Crippen LogP contribution >= 0.6 is 0 Å². The summed E-state index contributed by atoms with van der Waals surface area (Å²) in [6.45, 7) is 3.63. The third-order valence-electron chi connectivity index (χ3n) is 4.68. The van der Waals surface area contributed by atoms with Gasteiger partial charge in [-0.1, -0.05) is 42.8 Å². The van der Waals surface area contributed by atoms with Gasteiger partial charge < -0.3 is 0 Å². The number of alkyl halides is 3. The van der Waals surface area contributed by atoms with Gasteiger partial charge in [0, 0.05) is 5.56 Å². The number of hydrogen-bond donors (Lipinski definition) is 2. The van der Waals surface area contributed by atoms with Crippen molar-refractivity contribution in [1.29, 1.82) is 0 Å². The van der Waals surface area contributed by atoms with Crippen LogP contribution in [0.2, 0.25) is 0 Å². The van der Waals surface area contributed by atoms with Crippen molar-refractivity contribution in [3.63, 3.8) is 0 Å². The van der Waals surface area contributed by atoms with Crippen LogP contribution in [0.5, 0.6) is 0 Å². The molecule has 8 heteroatoms. The second-order valence-electron chi connectivity index (χ2n) is 6.86. The molecule has 0 unspecified atom stereocenters. The second-order valence-corrected chi connectivity index (χ2v) is 6.86. The van der Waals surface area contributed by atoms with Gasteiger partial charge in [0.1, 0.15) is 0 Å². The molecule has 2 aromatic rings. The number of carbonyl (C=O) groups excluding carboxylic acids is 2. The van der Waals surface area contributed by atoms with E-state index in [4.69, 9.17) is 0 Å². The van der Waals surface area contributed by atoms with Gasteiger partial charge >= 0.3 is 17.7 Å². The fourth-order valence-electron chi connectivity index (χ4n) is 3.16. The smallest absolute Gasteiger partial charge is 0.293 e. The quantitative estimate of drug-likeness (QED) is 0.798. The maximum absolute atomic E-state index is 14.2. The number of amides is 2. The van der Waals surface area contributed by atoms with Gasteiger partial charge in [0.25, 0.3) is 11.7 Å². The topological polar surface area (TPSA) is 63.4 Å². The predicted octanol–water partition coefficient (Wildman–Crippen LogP) is 1.76. The zero-order valence-electron chi connectivity index (χ0n) is 16.0. The highest BCUT2D eigenvalue weighted by molar-refractivity contribution is 6.11. The van der Waals surface area contributed by atoms with E-state index in [9.17, 15) is 22.8 Å². The van der Waals surface area contributed by atoms with E-state index in [1.54, 1.807) is 56.3 Å². The van der Waals surface area contributed by atoms with Gasteiger partial charge in [-0.05, 0) is 37.6 Å². The number of aryl methyl sites for hydroxylation is 1. The van der Waals surface area contributed by atoms with Crippen molar-refractivity contribution in [3.8, 4) is 0 Å². The number of benzene rings is 2. The van der Waals surface area contributed by atoms with Gasteiger partial charge in [0.15, 0.2) is 0 Å². The number of halogens is 3. The Labute approximate surface area is 166 Å². The summed E-state index contributed by atoms with van der Waals surface area (Å²) < 4.78 is 42.5. The largest absolute Gasteiger partial charge is 0.465 e. The first-order chi connectivity index (χ1) is 13.7. The summed E-state index contributed by atoms with van der Waals surface area (Å²) in [6.07, 6.45) is -4.61. The molecule has 1 atom stereocenters. The maximum Gasteiger partial charge on any atom is 0.465 e. The zero-order valence-corrected chi connectivity index (χ0v) is 16.0. The van der Waals surface area contributed by atoms with Crippen molar-refractivity contribution in [1.82, 2.24) is 10.2 Å². The van der Waals surface area contributed by atoms with E-state index in [1.807, 2.05) is 5.32 Å². The Hall–Kier alpha value is -3.16. The summed E-state index contributed by atoms with van der Waals surface area (Å²) >= 11 is 0. The van der Waals surface area contributed by atoms with Crippen LogP contribution in [0.4, 0.5) is 13.2 Å². The molecule has 0 fully saturated rings. The standard InChI is InChI=1S/C21H20F3N3O2/c1-3-13-27-17(15-7-5-4-6-8-15)25-20(19(27)29,21(22,23)24)26-18(28)16-11-9-14(2)10-12-16/h4-12H,3,13H2,1-2H3,(H,26,28)/p+1/t20-/m1/s1. The summed E-state index contributed by atoms with van der Waals surface area (Å²) in [5, 5.41) is 1.92. The second kappa shape index (κ2) is 7.69. The van der Waals surface area contributed by atoms with Crippen LogP contribution in [0.1, 0.15) is 34.8 Å². The summed E-state index contributed by atoms with van der Waals surface area (Å²) in [6, 6.07) is 14.3. The van der Waals surface area contributed by atoms with E-state index in [0.717, 1.165) is 10.5 Å². The van der Waals surface area contributed by atoms with Gasteiger partial charge in [-0.2, -0.15) is 18.1 Å². The minimum absolute atomic E-state index is 0.0129. The van der Waals surface area contributed by atoms with Crippen LogP contribution in [0.15, 0.2) is 54.6 Å². The Morgan fingerprint density at radius 3 is 2.28 bits per heavy atom. The molecule has 2 N–H and O–H groups in total. The monoisotopic (exact) mass is 404 g/mol. The highest BCUT2D eigenvalue weighted by Crippen LogP contribution is 2.30. The fourth-order valence-corrected chi connectivity index (χ4v) is 3.16. The molecule has 3 rings (SSSR count). The van der Waals surface area contributed by atoms with Crippen LogP contribution in [-0.4, -0.2) is 40.9 Å². The van der Waals surface area contributed by atoms with Crippen LogP contribution in [0.3, 0.4) is 0 Å². The Kier molecular flexibility index (Phi) is 5.46. The number of rotatable bonds is 5. The van der Waals surface area contributed by atoms with Gasteiger partial charge in [0.05, 0.1) is 12.1 Å². The zero-order chi connectivity index (χ0) is 21.2. The molecule has 0 saturated heterocycles. The minimum atomic E-state index is -5.06. The first kappa shape index (κ1) is 20.6. The number of nitrogens with one attached hydrogen (secondary N) is 2. The minimum Gasteiger partial charge on any atom is -0.293 e. The number of amidine groups is 1. The van der Waals surface area contributed by atoms with E-state index in [1.165, 1.54) is 12.1 Å². The molecule has 152 valence electrons. The summed E-state index contributed by atoms with van der Waals surface area (Å²) in [4.78, 5) is 28.9. The van der Waals surface area contributed by atoms with E-state index < -0.39 is 23.7 Å². The Morgan fingerprint density at radius 1 is 1.10 bits per heavy atom. The van der Waals surface area contributed by atoms with Crippen LogP contribution in [0, 0.1) is 6.92 Å². The molecular weight excluding hydrogens is 383 g/mol. The number of carbonyl (C=O) groups is 2. The maximum atomic E-state index is 14.2. The lowest BCUT2D eigenvalue weighted by molar-refractivity contribution is -0.580. The molecule has 0 aliphatic carbocycles. The van der Waals surface area contributed by atoms with E-state index in [-0.39, 0.29) is 17.9 Å². The Morgan fingerprint density at radius 2 is 1.72 bits per heavy atom. The third kappa shape index (κ3) is 3.74. The molecule has 1 heterocycles. The average Bonchev–Trinajstić information content (AvgIpc) is 2.96. The van der Waals surface area contributed by atoms with Gasteiger partial charge in [0.2, 0.25) is 0 Å². The molecule has 0 spiro atoms. The van der Waals surface area contributed by atoms with Gasteiger partial charge in [-0.25, -0.2) is 9.79 Å². The van der Waals surface area contributed by atoms with E-state index >= 15 is 0 Å². The summed E-state index contributed by atoms with van der Waals surface area (Å²) in [5.74, 6) is -2.24. The Bertz CT molecular complexity index is 940. The molecule has 2 aromatic carbocycles. The molecule has 0 aromatic heterocycles. The Balaban J connectivity index is 2.08. The molecule has 0 saturated carbocycles. The average molecular weight is 404 g/mol. The predicted molar refractivity (Wildman–Crippen MR) is 101 cm³/mol. The van der Waals surface area contributed by atoms with Crippen LogP contribution in [-0.2, 0) is 4.79 Å². The lowest BCUT2D eigenvalue weighted by atomic mass is 10.1. The first-order valence-electron chi connectivity index (χ1n) is 9.18. The molecule has 1 aliphatic rings. The molecule has 2 amide bonds. The summed E-state index contributed by atoms with van der Waals surface area (Å²) in [7, 11) is 0. The van der Waals surface area contributed by atoms with Crippen LogP contribution < -0.4 is 10.3 Å². The van der Waals surface area contributed by atoms with Crippen molar-refractivity contribution in [2.45, 2.75) is 32.1 Å². The third-order valence-corrected chi connectivity index (χ3v) is 4.68. The normalized spacial score (nSPS) is 19.3. The first-order valence-corrected chi connectivity index (χ1v) is 9.18. The van der Waals surface area contributed by atoms with Crippen LogP contribution in [0.25, 0.3) is 0 Å². The van der Waals surface area contributed by atoms with Crippen molar-refractivity contribution < 1.29 is 27.8 Å². The molecule has 0 radical (unpaired) electrons. The lowest BCUT2D eigenvalue weighted by Crippen LogP contribution is -2.96. The van der Waals surface area contributed by atoms with E-state index in [0.29, 0.717) is 12.0 Å². The molecule has 0 bridgehead atoms.